The van der Waals surface area contributed by atoms with Crippen LogP contribution in [-0.4, -0.2) is 34.1 Å². The van der Waals surface area contributed by atoms with Gasteiger partial charge in [-0.05, 0) is 39.3 Å². The SMILES string of the molecule is [CH2]CN1CCC(n2ccc3c(Cl)c(C)[nH]c3c2=O)CC1. The minimum Gasteiger partial charge on any atom is -0.353 e. The topological polar surface area (TPSA) is 41.0 Å². The molecule has 3 rings (SSSR count). The summed E-state index contributed by atoms with van der Waals surface area (Å²) in [6, 6.07) is 2.22. The number of rotatable bonds is 2. The zero-order valence-electron chi connectivity index (χ0n) is 11.7. The number of H-pyrrole nitrogens is 1. The average Bonchev–Trinajstić information content (AvgIpc) is 2.76. The zero-order chi connectivity index (χ0) is 14.3. The lowest BCUT2D eigenvalue weighted by Gasteiger charge is -2.31. The molecule has 0 aliphatic carbocycles. The molecule has 1 aliphatic rings. The van der Waals surface area contributed by atoms with Gasteiger partial charge in [0.15, 0.2) is 0 Å². The third-order valence-electron chi connectivity index (χ3n) is 4.26. The van der Waals surface area contributed by atoms with Crippen molar-refractivity contribution >= 4 is 22.5 Å². The lowest BCUT2D eigenvalue weighted by molar-refractivity contribution is 0.200. The fraction of sp³-hybridized carbons (Fsp3) is 0.467. The van der Waals surface area contributed by atoms with Crippen LogP contribution in [0, 0.1) is 13.8 Å². The van der Waals surface area contributed by atoms with E-state index >= 15 is 0 Å². The number of aromatic nitrogens is 2. The quantitative estimate of drug-likeness (QED) is 0.925. The highest BCUT2D eigenvalue weighted by Crippen LogP contribution is 2.26. The van der Waals surface area contributed by atoms with E-state index in [1.165, 1.54) is 0 Å². The second kappa shape index (κ2) is 5.26. The molecular formula is C15H19ClN3O. The summed E-state index contributed by atoms with van der Waals surface area (Å²) in [6.07, 6.45) is 3.87. The van der Waals surface area contributed by atoms with Gasteiger partial charge in [0.2, 0.25) is 0 Å². The standard InChI is InChI=1S/C15H19ClN3O/c1-3-18-7-4-11(5-8-18)19-9-6-12-13(16)10(2)17-14(12)15(19)20/h6,9,11,17H,1,3-5,7-8H2,2H3. The first kappa shape index (κ1) is 13.7. The van der Waals surface area contributed by atoms with Gasteiger partial charge in [0, 0.05) is 36.4 Å². The molecule has 0 unspecified atom stereocenters. The van der Waals surface area contributed by atoms with Crippen molar-refractivity contribution in [2.75, 3.05) is 19.6 Å². The van der Waals surface area contributed by atoms with Gasteiger partial charge >= 0.3 is 0 Å². The molecule has 5 heteroatoms. The van der Waals surface area contributed by atoms with Crippen LogP contribution in [0.1, 0.15) is 24.6 Å². The third kappa shape index (κ3) is 2.17. The molecule has 2 aromatic rings. The molecule has 1 saturated heterocycles. The maximum atomic E-state index is 12.6. The molecule has 0 amide bonds. The summed E-state index contributed by atoms with van der Waals surface area (Å²) in [5.41, 5.74) is 1.50. The first-order valence-electron chi connectivity index (χ1n) is 7.02. The Kier molecular flexibility index (Phi) is 3.61. The zero-order valence-corrected chi connectivity index (χ0v) is 12.4. The Morgan fingerprint density at radius 3 is 2.80 bits per heavy atom. The van der Waals surface area contributed by atoms with Crippen molar-refractivity contribution in [2.24, 2.45) is 0 Å². The van der Waals surface area contributed by atoms with Crippen LogP contribution in [0.4, 0.5) is 0 Å². The molecule has 2 aromatic heterocycles. The summed E-state index contributed by atoms with van der Waals surface area (Å²) in [7, 11) is 0. The van der Waals surface area contributed by atoms with Crippen molar-refractivity contribution in [1.29, 1.82) is 0 Å². The molecule has 4 nitrogen and oxygen atoms in total. The third-order valence-corrected chi connectivity index (χ3v) is 4.75. The van der Waals surface area contributed by atoms with Gasteiger partial charge in [-0.25, -0.2) is 0 Å². The number of nitrogens with one attached hydrogen (secondary N) is 1. The van der Waals surface area contributed by atoms with Crippen molar-refractivity contribution in [3.63, 3.8) is 0 Å². The molecule has 3 heterocycles. The maximum Gasteiger partial charge on any atom is 0.275 e. The Morgan fingerprint density at radius 2 is 2.15 bits per heavy atom. The lowest BCUT2D eigenvalue weighted by Crippen LogP contribution is -2.37. The number of hydrogen-bond acceptors (Lipinski definition) is 2. The highest BCUT2D eigenvalue weighted by Gasteiger charge is 2.21. The Labute approximate surface area is 123 Å². The normalized spacial score (nSPS) is 17.9. The van der Waals surface area contributed by atoms with E-state index in [-0.39, 0.29) is 11.6 Å². The predicted molar refractivity (Wildman–Crippen MR) is 82.4 cm³/mol. The van der Waals surface area contributed by atoms with Crippen LogP contribution in [-0.2, 0) is 0 Å². The molecule has 1 aliphatic heterocycles. The van der Waals surface area contributed by atoms with Crippen LogP contribution in [0.25, 0.3) is 10.9 Å². The summed E-state index contributed by atoms with van der Waals surface area (Å²) in [5.74, 6) is 0. The second-order valence-electron chi connectivity index (χ2n) is 5.45. The monoisotopic (exact) mass is 292 g/mol. The van der Waals surface area contributed by atoms with E-state index in [4.69, 9.17) is 11.6 Å². The number of fused-ring (bicyclic) bond motifs is 1. The molecule has 0 atom stereocenters. The smallest absolute Gasteiger partial charge is 0.275 e. The maximum absolute atomic E-state index is 12.6. The van der Waals surface area contributed by atoms with Crippen molar-refractivity contribution in [1.82, 2.24) is 14.5 Å². The van der Waals surface area contributed by atoms with Gasteiger partial charge in [0.25, 0.3) is 5.56 Å². The average molecular weight is 293 g/mol. The molecule has 0 bridgehead atoms. The van der Waals surface area contributed by atoms with Crippen molar-refractivity contribution in [3.8, 4) is 0 Å². The number of aromatic amines is 1. The summed E-state index contributed by atoms with van der Waals surface area (Å²) in [6.45, 7) is 8.65. The number of hydrogen-bond donors (Lipinski definition) is 1. The number of aryl methyl sites for hydroxylation is 1. The summed E-state index contributed by atoms with van der Waals surface area (Å²) in [4.78, 5) is 18.0. The highest BCUT2D eigenvalue weighted by atomic mass is 35.5. The first-order valence-corrected chi connectivity index (χ1v) is 7.40. The molecule has 20 heavy (non-hydrogen) atoms. The van der Waals surface area contributed by atoms with E-state index in [1.807, 2.05) is 23.8 Å². The molecule has 1 N–H and O–H groups in total. The number of likely N-dealkylation sites (tertiary alicyclic amines) is 1. The number of pyridine rings is 1. The molecule has 107 valence electrons. The van der Waals surface area contributed by atoms with Crippen LogP contribution < -0.4 is 5.56 Å². The number of piperidine rings is 1. The summed E-state index contributed by atoms with van der Waals surface area (Å²) >= 11 is 6.20. The van der Waals surface area contributed by atoms with Crippen LogP contribution in [0.2, 0.25) is 5.02 Å². The molecule has 1 fully saturated rings. The Hall–Kier alpha value is -1.26. The van der Waals surface area contributed by atoms with E-state index in [0.717, 1.165) is 43.6 Å². The van der Waals surface area contributed by atoms with Gasteiger partial charge < -0.3 is 14.5 Å². The fourth-order valence-corrected chi connectivity index (χ4v) is 3.21. The minimum absolute atomic E-state index is 0.0329. The van der Waals surface area contributed by atoms with Crippen LogP contribution >= 0.6 is 11.6 Å². The van der Waals surface area contributed by atoms with Crippen molar-refractivity contribution in [2.45, 2.75) is 25.8 Å². The fourth-order valence-electron chi connectivity index (χ4n) is 3.01. The number of nitrogens with zero attached hydrogens (tertiary/aromatic N) is 2. The van der Waals surface area contributed by atoms with Crippen LogP contribution in [0.15, 0.2) is 17.1 Å². The predicted octanol–water partition coefficient (Wildman–Crippen LogP) is 2.76. The van der Waals surface area contributed by atoms with E-state index in [9.17, 15) is 4.79 Å². The lowest BCUT2D eigenvalue weighted by atomic mass is 10.0. The van der Waals surface area contributed by atoms with E-state index < -0.39 is 0 Å². The molecule has 0 spiro atoms. The van der Waals surface area contributed by atoms with Gasteiger partial charge in [-0.3, -0.25) is 4.79 Å². The summed E-state index contributed by atoms with van der Waals surface area (Å²) in [5, 5.41) is 1.47. The van der Waals surface area contributed by atoms with Crippen LogP contribution in [0.3, 0.4) is 0 Å². The molecule has 0 aromatic carbocycles. The van der Waals surface area contributed by atoms with Gasteiger partial charge in [-0.2, -0.15) is 0 Å². The Bertz CT molecular complexity index is 680. The van der Waals surface area contributed by atoms with Crippen LogP contribution in [0.5, 0.6) is 0 Å². The minimum atomic E-state index is 0.0329. The van der Waals surface area contributed by atoms with E-state index in [2.05, 4.69) is 16.8 Å². The molecular weight excluding hydrogens is 274 g/mol. The number of halogens is 1. The second-order valence-corrected chi connectivity index (χ2v) is 5.83. The molecule has 1 radical (unpaired) electrons. The Balaban J connectivity index is 1.97. The van der Waals surface area contributed by atoms with Gasteiger partial charge in [0.1, 0.15) is 5.52 Å². The summed E-state index contributed by atoms with van der Waals surface area (Å²) < 4.78 is 1.86. The van der Waals surface area contributed by atoms with Gasteiger partial charge in [-0.1, -0.05) is 11.6 Å². The van der Waals surface area contributed by atoms with Gasteiger partial charge in [-0.15, -0.1) is 0 Å². The van der Waals surface area contributed by atoms with Crippen molar-refractivity contribution < 1.29 is 0 Å². The first-order chi connectivity index (χ1) is 9.61. The molecule has 0 saturated carbocycles. The largest absolute Gasteiger partial charge is 0.353 e. The van der Waals surface area contributed by atoms with E-state index in [0.29, 0.717) is 10.5 Å². The van der Waals surface area contributed by atoms with Gasteiger partial charge in [0.05, 0.1) is 5.02 Å². The van der Waals surface area contributed by atoms with E-state index in [1.54, 1.807) is 0 Å². The highest BCUT2D eigenvalue weighted by molar-refractivity contribution is 6.36. The van der Waals surface area contributed by atoms with Crippen molar-refractivity contribution in [3.05, 3.63) is 40.3 Å². The Morgan fingerprint density at radius 1 is 1.45 bits per heavy atom.